The number of carbonyl (C=O) groups excluding carboxylic acids is 1. The average Bonchev–Trinajstić information content (AvgIpc) is 3.68. The van der Waals surface area contributed by atoms with Gasteiger partial charge in [0.05, 0.1) is 5.56 Å². The van der Waals surface area contributed by atoms with E-state index in [1.165, 1.54) is 25.3 Å². The number of rotatable bonds is 7. The van der Waals surface area contributed by atoms with E-state index in [2.05, 4.69) is 72.4 Å². The summed E-state index contributed by atoms with van der Waals surface area (Å²) >= 11 is 0. The number of hydrogen-bond donors (Lipinski definition) is 0. The molecule has 0 aliphatic heterocycles. The molecular weight excluding hydrogens is 442 g/mol. The van der Waals surface area contributed by atoms with Crippen LogP contribution in [0.25, 0.3) is 11.1 Å². The molecule has 0 spiro atoms. The van der Waals surface area contributed by atoms with E-state index in [0.29, 0.717) is 5.92 Å². The Balaban J connectivity index is 0.00000137. The van der Waals surface area contributed by atoms with Crippen molar-refractivity contribution < 1.29 is 4.79 Å². The molecule has 1 saturated carbocycles. The fourth-order valence-electron chi connectivity index (χ4n) is 3.80. The number of aromatic nitrogens is 1. The number of hydrogen-bond acceptors (Lipinski definition) is 2. The number of carbonyl (C=O) groups is 1. The van der Waals surface area contributed by atoms with Gasteiger partial charge in [0.25, 0.3) is 0 Å². The second-order valence-electron chi connectivity index (χ2n) is 9.59. The van der Waals surface area contributed by atoms with Gasteiger partial charge in [0.2, 0.25) is 0 Å². The van der Waals surface area contributed by atoms with Gasteiger partial charge in [-0.05, 0) is 74.2 Å². The summed E-state index contributed by atoms with van der Waals surface area (Å²) < 4.78 is 2.05. The maximum absolute atomic E-state index is 12.6. The molecule has 1 aliphatic carbocycles. The molecule has 0 saturated heterocycles. The monoisotopic (exact) mass is 493 g/mol. The van der Waals surface area contributed by atoms with E-state index in [0.717, 1.165) is 46.9 Å². The van der Waals surface area contributed by atoms with Crippen LogP contribution in [0.5, 0.6) is 0 Å². The molecule has 0 atom stereocenters. The first-order valence-electron chi connectivity index (χ1n) is 13.8. The Labute approximate surface area is 221 Å². The average molecular weight is 494 g/mol. The molecular formula is C33H51NO2. The summed E-state index contributed by atoms with van der Waals surface area (Å²) in [5, 5.41) is 0. The summed E-state index contributed by atoms with van der Waals surface area (Å²) in [6, 6.07) is 10.1. The number of aryl methyl sites for hydroxylation is 2. The van der Waals surface area contributed by atoms with Crippen molar-refractivity contribution in [3.05, 3.63) is 81.3 Å². The topological polar surface area (TPSA) is 39.1 Å². The lowest BCUT2D eigenvalue weighted by molar-refractivity contribution is 0.101. The van der Waals surface area contributed by atoms with Gasteiger partial charge in [0, 0.05) is 24.5 Å². The summed E-state index contributed by atoms with van der Waals surface area (Å²) in [6.07, 6.45) is 4.99. The third-order valence-electron chi connectivity index (χ3n) is 5.43. The Kier molecular flexibility index (Phi) is 15.6. The first-order valence-corrected chi connectivity index (χ1v) is 13.8. The van der Waals surface area contributed by atoms with Gasteiger partial charge in [0.1, 0.15) is 0 Å². The Morgan fingerprint density at radius 1 is 1.06 bits per heavy atom. The van der Waals surface area contributed by atoms with Crippen LogP contribution in [0.2, 0.25) is 0 Å². The molecule has 0 bridgehead atoms. The van der Waals surface area contributed by atoms with Crippen molar-refractivity contribution in [2.75, 3.05) is 0 Å². The lowest BCUT2D eigenvalue weighted by atomic mass is 9.89. The Morgan fingerprint density at radius 2 is 1.61 bits per heavy atom. The molecule has 0 N–H and O–H groups in total. The third-order valence-corrected chi connectivity index (χ3v) is 5.43. The number of ketones is 1. The van der Waals surface area contributed by atoms with Gasteiger partial charge in [-0.1, -0.05) is 91.8 Å². The number of pyridine rings is 1. The van der Waals surface area contributed by atoms with Crippen LogP contribution in [0.1, 0.15) is 116 Å². The molecule has 200 valence electrons. The maximum Gasteiger partial charge on any atom is 0.192 e. The van der Waals surface area contributed by atoms with Gasteiger partial charge < -0.3 is 4.57 Å². The molecule has 1 aromatic heterocycles. The van der Waals surface area contributed by atoms with Crippen LogP contribution in [0.4, 0.5) is 0 Å². The fraction of sp³-hybridized carbons (Fsp3) is 0.515. The van der Waals surface area contributed by atoms with Gasteiger partial charge in [-0.3, -0.25) is 9.59 Å². The van der Waals surface area contributed by atoms with Crippen molar-refractivity contribution in [3.8, 4) is 0 Å². The zero-order chi connectivity index (χ0) is 28.0. The highest BCUT2D eigenvalue weighted by Crippen LogP contribution is 2.44. The molecule has 2 aromatic rings. The van der Waals surface area contributed by atoms with Gasteiger partial charge in [-0.15, -0.1) is 0 Å². The van der Waals surface area contributed by atoms with Crippen molar-refractivity contribution in [2.45, 2.75) is 102 Å². The van der Waals surface area contributed by atoms with E-state index in [9.17, 15) is 9.59 Å². The van der Waals surface area contributed by atoms with Crippen LogP contribution in [-0.4, -0.2) is 10.4 Å². The first-order chi connectivity index (χ1) is 17.1. The van der Waals surface area contributed by atoms with E-state index in [-0.39, 0.29) is 16.8 Å². The van der Waals surface area contributed by atoms with Crippen LogP contribution in [-0.2, 0) is 6.54 Å². The molecule has 1 heterocycles. The van der Waals surface area contributed by atoms with Crippen LogP contribution in [0.3, 0.4) is 0 Å². The number of Topliss-reactive ketones (excluding diaryl/α,β-unsaturated/α-hetero) is 1. The molecule has 1 aromatic carbocycles. The predicted octanol–water partition coefficient (Wildman–Crippen LogP) is 9.38. The SMILES string of the molecule is C=C(/C(=C(\C)c1cc(=O)c(C(C)=O)cn1CCC)c1cccc(C)c1)C1CC1.CC.CC.CC(C)C. The molecule has 3 rings (SSSR count). The molecule has 3 heteroatoms. The van der Waals surface area contributed by atoms with Crippen LogP contribution in [0.15, 0.2) is 53.5 Å². The van der Waals surface area contributed by atoms with Crippen molar-refractivity contribution >= 4 is 16.9 Å². The number of benzene rings is 1. The number of allylic oxidation sites excluding steroid dienone is 3. The molecule has 0 radical (unpaired) electrons. The summed E-state index contributed by atoms with van der Waals surface area (Å²) in [5.41, 5.74) is 6.57. The molecule has 36 heavy (non-hydrogen) atoms. The highest BCUT2D eigenvalue weighted by Gasteiger charge is 2.29. The molecule has 1 fully saturated rings. The number of nitrogens with zero attached hydrogens (tertiary/aromatic N) is 1. The van der Waals surface area contributed by atoms with E-state index >= 15 is 0 Å². The van der Waals surface area contributed by atoms with Crippen LogP contribution >= 0.6 is 0 Å². The minimum atomic E-state index is -0.213. The van der Waals surface area contributed by atoms with Crippen molar-refractivity contribution in [2.24, 2.45) is 11.8 Å². The standard InChI is InChI=1S/C25H29NO2.C4H10.2C2H6/c1-6-12-26-15-22(19(5)27)24(28)14-23(26)18(4)25(17(3)20-10-11-20)21-9-7-8-16(2)13-21;1-4(2)3;2*1-2/h7-9,13-15,20H,3,6,10-12H2,1-2,4-5H3;4H,1-3H3;2*1-2H3/b25-18-;;;. The van der Waals surface area contributed by atoms with E-state index in [1.807, 2.05) is 32.3 Å². The van der Waals surface area contributed by atoms with Gasteiger partial charge in [-0.2, -0.15) is 0 Å². The van der Waals surface area contributed by atoms with Gasteiger partial charge in [0.15, 0.2) is 11.2 Å². The van der Waals surface area contributed by atoms with E-state index < -0.39 is 0 Å². The zero-order valence-corrected chi connectivity index (χ0v) is 24.9. The normalized spacial score (nSPS) is 12.7. The second kappa shape index (κ2) is 16.9. The van der Waals surface area contributed by atoms with E-state index in [4.69, 9.17) is 0 Å². The second-order valence-corrected chi connectivity index (χ2v) is 9.59. The summed E-state index contributed by atoms with van der Waals surface area (Å²) in [7, 11) is 0. The Bertz CT molecular complexity index is 1060. The molecule has 0 unspecified atom stereocenters. The molecule has 0 amide bonds. The lowest BCUT2D eigenvalue weighted by Gasteiger charge is -2.20. The minimum absolute atomic E-state index is 0.190. The summed E-state index contributed by atoms with van der Waals surface area (Å²) in [5.74, 6) is 1.16. The van der Waals surface area contributed by atoms with Gasteiger partial charge >= 0.3 is 0 Å². The summed E-state index contributed by atoms with van der Waals surface area (Å²) in [6.45, 7) is 27.4. The largest absolute Gasteiger partial charge is 0.347 e. The van der Waals surface area contributed by atoms with Crippen LogP contribution in [0, 0.1) is 18.8 Å². The first kappa shape index (κ1) is 33.3. The third kappa shape index (κ3) is 10.1. The summed E-state index contributed by atoms with van der Waals surface area (Å²) in [4.78, 5) is 24.5. The van der Waals surface area contributed by atoms with E-state index in [1.54, 1.807) is 12.3 Å². The van der Waals surface area contributed by atoms with Crippen molar-refractivity contribution in [3.63, 3.8) is 0 Å². The zero-order valence-electron chi connectivity index (χ0n) is 24.9. The van der Waals surface area contributed by atoms with Crippen LogP contribution < -0.4 is 5.43 Å². The quantitative estimate of drug-likeness (QED) is 0.285. The fourth-order valence-corrected chi connectivity index (χ4v) is 3.80. The Hall–Kier alpha value is -2.68. The molecule has 3 nitrogen and oxygen atoms in total. The predicted molar refractivity (Wildman–Crippen MR) is 160 cm³/mol. The maximum atomic E-state index is 12.6. The minimum Gasteiger partial charge on any atom is -0.347 e. The smallest absolute Gasteiger partial charge is 0.192 e. The van der Waals surface area contributed by atoms with Gasteiger partial charge in [-0.25, -0.2) is 0 Å². The lowest BCUT2D eigenvalue weighted by Crippen LogP contribution is -2.19. The van der Waals surface area contributed by atoms with Crippen molar-refractivity contribution in [1.82, 2.24) is 4.57 Å². The highest BCUT2D eigenvalue weighted by atomic mass is 16.1. The molecule has 1 aliphatic rings. The Morgan fingerprint density at radius 3 is 2.06 bits per heavy atom. The highest BCUT2D eigenvalue weighted by molar-refractivity contribution is 5.98. The van der Waals surface area contributed by atoms with Crippen molar-refractivity contribution in [1.29, 1.82) is 0 Å².